The molecule has 138 valence electrons. The highest BCUT2D eigenvalue weighted by Gasteiger charge is 2.13. The van der Waals surface area contributed by atoms with Gasteiger partial charge in [-0.15, -0.1) is 0 Å². The van der Waals surface area contributed by atoms with E-state index in [0.717, 1.165) is 16.8 Å². The van der Waals surface area contributed by atoms with E-state index in [1.807, 2.05) is 44.2 Å². The quantitative estimate of drug-likeness (QED) is 0.665. The maximum absolute atomic E-state index is 12.6. The zero-order chi connectivity index (χ0) is 19.4. The Morgan fingerprint density at radius 2 is 1.96 bits per heavy atom. The minimum absolute atomic E-state index is 0.228. The summed E-state index contributed by atoms with van der Waals surface area (Å²) in [5, 5.41) is 6.37. The van der Waals surface area contributed by atoms with Crippen LogP contribution in [0.3, 0.4) is 0 Å². The van der Waals surface area contributed by atoms with Crippen LogP contribution in [-0.2, 0) is 0 Å². The zero-order valence-electron chi connectivity index (χ0n) is 15.2. The molecule has 2 aromatic carbocycles. The van der Waals surface area contributed by atoms with Gasteiger partial charge in [-0.05, 0) is 49.2 Å². The fourth-order valence-electron chi connectivity index (χ4n) is 2.63. The number of nitrogens with zero attached hydrogens (tertiary/aromatic N) is 2. The van der Waals surface area contributed by atoms with E-state index in [1.54, 1.807) is 19.2 Å². The second kappa shape index (κ2) is 8.05. The molecule has 0 saturated heterocycles. The third-order valence-electron chi connectivity index (χ3n) is 3.88. The van der Waals surface area contributed by atoms with Crippen LogP contribution in [0.25, 0.3) is 0 Å². The maximum atomic E-state index is 12.6. The first-order valence-corrected chi connectivity index (χ1v) is 8.66. The first-order valence-electron chi connectivity index (χ1n) is 8.28. The molecule has 0 aliphatic heterocycles. The second-order valence-electron chi connectivity index (χ2n) is 6.02. The summed E-state index contributed by atoms with van der Waals surface area (Å²) in [4.78, 5) is 21.0. The zero-order valence-corrected chi connectivity index (χ0v) is 16.0. The third-order valence-corrected chi connectivity index (χ3v) is 4.18. The Balaban J connectivity index is 1.80. The van der Waals surface area contributed by atoms with E-state index in [2.05, 4.69) is 20.6 Å². The number of carbonyl (C=O) groups excluding carboxylic acids is 1. The molecule has 0 radical (unpaired) electrons. The van der Waals surface area contributed by atoms with E-state index >= 15 is 0 Å². The molecule has 3 rings (SSSR count). The molecule has 1 heterocycles. The van der Waals surface area contributed by atoms with Gasteiger partial charge in [-0.25, -0.2) is 9.97 Å². The highest BCUT2D eigenvalue weighted by atomic mass is 35.5. The van der Waals surface area contributed by atoms with E-state index in [4.69, 9.17) is 16.3 Å². The van der Waals surface area contributed by atoms with Crippen molar-refractivity contribution in [2.45, 2.75) is 13.8 Å². The molecule has 0 saturated carbocycles. The van der Waals surface area contributed by atoms with Crippen LogP contribution in [0.2, 0.25) is 5.02 Å². The molecule has 0 fully saturated rings. The van der Waals surface area contributed by atoms with E-state index in [0.29, 0.717) is 22.4 Å². The van der Waals surface area contributed by atoms with Gasteiger partial charge in [0.1, 0.15) is 11.4 Å². The smallest absolute Gasteiger partial charge is 0.274 e. The lowest BCUT2D eigenvalue weighted by Crippen LogP contribution is -2.16. The van der Waals surface area contributed by atoms with Crippen molar-refractivity contribution >= 4 is 34.8 Å². The molecule has 0 aliphatic rings. The number of aryl methyl sites for hydroxylation is 2. The van der Waals surface area contributed by atoms with Crippen molar-refractivity contribution in [3.8, 4) is 5.75 Å². The lowest BCUT2D eigenvalue weighted by molar-refractivity contribution is 0.102. The molecule has 27 heavy (non-hydrogen) atoms. The number of amides is 1. The second-order valence-corrected chi connectivity index (χ2v) is 6.42. The third kappa shape index (κ3) is 4.54. The number of ether oxygens (including phenoxy) is 1. The van der Waals surface area contributed by atoms with Crippen LogP contribution >= 0.6 is 11.6 Å². The summed E-state index contributed by atoms with van der Waals surface area (Å²) in [5.41, 5.74) is 3.48. The van der Waals surface area contributed by atoms with Crippen molar-refractivity contribution in [1.29, 1.82) is 0 Å². The van der Waals surface area contributed by atoms with E-state index < -0.39 is 0 Å². The molecule has 0 unspecified atom stereocenters. The van der Waals surface area contributed by atoms with E-state index in [9.17, 15) is 4.79 Å². The topological polar surface area (TPSA) is 76.1 Å². The van der Waals surface area contributed by atoms with Gasteiger partial charge in [0.2, 0.25) is 5.95 Å². The molecule has 7 heteroatoms. The summed E-state index contributed by atoms with van der Waals surface area (Å²) in [5.74, 6) is 0.654. The number of aromatic nitrogens is 2. The fraction of sp³-hybridized carbons (Fsp3) is 0.150. The van der Waals surface area contributed by atoms with Crippen LogP contribution in [0.15, 0.2) is 48.7 Å². The number of carbonyl (C=O) groups is 1. The summed E-state index contributed by atoms with van der Waals surface area (Å²) < 4.78 is 5.19. The number of rotatable bonds is 5. The van der Waals surface area contributed by atoms with Gasteiger partial charge in [0, 0.05) is 18.0 Å². The standard InChI is InChI=1S/C20H19ClN4O2/c1-12-9-13(2)18(16(21)10-12)25-19(26)17-7-8-22-20(24-17)23-14-5-4-6-15(11-14)27-3/h4-11H,1-3H3,(H,25,26)(H,22,23,24). The Labute approximate surface area is 162 Å². The molecule has 0 bridgehead atoms. The summed E-state index contributed by atoms with van der Waals surface area (Å²) in [6.45, 7) is 3.84. The molecule has 0 spiro atoms. The maximum Gasteiger partial charge on any atom is 0.274 e. The van der Waals surface area contributed by atoms with Gasteiger partial charge in [0.25, 0.3) is 5.91 Å². The SMILES string of the molecule is COc1cccc(Nc2nccc(C(=O)Nc3c(C)cc(C)cc3Cl)n2)c1. The van der Waals surface area contributed by atoms with Gasteiger partial charge < -0.3 is 15.4 Å². The van der Waals surface area contributed by atoms with E-state index in [1.165, 1.54) is 6.20 Å². The lowest BCUT2D eigenvalue weighted by Gasteiger charge is -2.12. The van der Waals surface area contributed by atoms with Crippen molar-refractivity contribution < 1.29 is 9.53 Å². The van der Waals surface area contributed by atoms with Gasteiger partial charge >= 0.3 is 0 Å². The fourth-order valence-corrected chi connectivity index (χ4v) is 3.00. The first kappa shape index (κ1) is 18.7. The van der Waals surface area contributed by atoms with Gasteiger partial charge in [-0.1, -0.05) is 23.7 Å². The van der Waals surface area contributed by atoms with Crippen LogP contribution < -0.4 is 15.4 Å². The Morgan fingerprint density at radius 3 is 2.70 bits per heavy atom. The van der Waals surface area contributed by atoms with Gasteiger partial charge in [-0.2, -0.15) is 0 Å². The molecule has 3 aromatic rings. The monoisotopic (exact) mass is 382 g/mol. The molecular formula is C20H19ClN4O2. The van der Waals surface area contributed by atoms with Crippen LogP contribution in [0.5, 0.6) is 5.75 Å². The largest absolute Gasteiger partial charge is 0.497 e. The van der Waals surface area contributed by atoms with Gasteiger partial charge in [0.05, 0.1) is 17.8 Å². The number of hydrogen-bond acceptors (Lipinski definition) is 5. The molecule has 0 atom stereocenters. The van der Waals surface area contributed by atoms with Crippen molar-refractivity contribution in [3.63, 3.8) is 0 Å². The predicted molar refractivity (Wildman–Crippen MR) is 107 cm³/mol. The van der Waals surface area contributed by atoms with Gasteiger partial charge in [0.15, 0.2) is 0 Å². The van der Waals surface area contributed by atoms with Crippen molar-refractivity contribution in [3.05, 3.63) is 70.5 Å². The first-order chi connectivity index (χ1) is 13.0. The minimum atomic E-state index is -0.361. The average molecular weight is 383 g/mol. The molecule has 1 amide bonds. The van der Waals surface area contributed by atoms with E-state index in [-0.39, 0.29) is 11.6 Å². The number of hydrogen-bond donors (Lipinski definition) is 2. The molecular weight excluding hydrogens is 364 g/mol. The summed E-state index contributed by atoms with van der Waals surface area (Å²) in [6, 6.07) is 12.7. The van der Waals surface area contributed by atoms with Gasteiger partial charge in [-0.3, -0.25) is 4.79 Å². The number of benzene rings is 2. The normalized spacial score (nSPS) is 10.4. The Kier molecular flexibility index (Phi) is 5.57. The Morgan fingerprint density at radius 1 is 1.15 bits per heavy atom. The molecule has 6 nitrogen and oxygen atoms in total. The average Bonchev–Trinajstić information content (AvgIpc) is 2.65. The van der Waals surface area contributed by atoms with Crippen LogP contribution in [0.1, 0.15) is 21.6 Å². The minimum Gasteiger partial charge on any atom is -0.497 e. The van der Waals surface area contributed by atoms with Crippen molar-refractivity contribution in [1.82, 2.24) is 9.97 Å². The summed E-state index contributed by atoms with van der Waals surface area (Å²) >= 11 is 6.26. The number of methoxy groups -OCH3 is 1. The molecule has 1 aromatic heterocycles. The number of anilines is 3. The van der Waals surface area contributed by atoms with Crippen molar-refractivity contribution in [2.24, 2.45) is 0 Å². The summed E-state index contributed by atoms with van der Waals surface area (Å²) in [6.07, 6.45) is 1.52. The molecule has 2 N–H and O–H groups in total. The number of halogens is 1. The lowest BCUT2D eigenvalue weighted by atomic mass is 10.1. The van der Waals surface area contributed by atoms with Crippen LogP contribution in [0, 0.1) is 13.8 Å². The Hall–Kier alpha value is -3.12. The summed E-state index contributed by atoms with van der Waals surface area (Å²) in [7, 11) is 1.60. The van der Waals surface area contributed by atoms with Crippen molar-refractivity contribution in [2.75, 3.05) is 17.7 Å². The predicted octanol–water partition coefficient (Wildman–Crippen LogP) is 4.75. The highest BCUT2D eigenvalue weighted by Crippen LogP contribution is 2.27. The van der Waals surface area contributed by atoms with Crippen LogP contribution in [0.4, 0.5) is 17.3 Å². The molecule has 0 aliphatic carbocycles. The highest BCUT2D eigenvalue weighted by molar-refractivity contribution is 6.34. The Bertz CT molecular complexity index is 968. The number of nitrogens with one attached hydrogen (secondary N) is 2. The van der Waals surface area contributed by atoms with Crippen LogP contribution in [-0.4, -0.2) is 23.0 Å².